The summed E-state index contributed by atoms with van der Waals surface area (Å²) in [6, 6.07) is 12.2. The second kappa shape index (κ2) is 7.98. The number of ether oxygens (including phenoxy) is 2. The number of fused-ring (bicyclic) bond motifs is 1. The van der Waals surface area contributed by atoms with E-state index in [9.17, 15) is 4.79 Å². The summed E-state index contributed by atoms with van der Waals surface area (Å²) < 4.78 is 17.6. The third kappa shape index (κ3) is 4.08. The molecule has 2 aromatic heterocycles. The average molecular weight is 457 g/mol. The number of carbonyl (C=O) groups excluding carboxylic acids is 1. The van der Waals surface area contributed by atoms with Gasteiger partial charge in [0.05, 0.1) is 18.4 Å². The Balaban J connectivity index is 1.27. The molecule has 0 radical (unpaired) electrons. The van der Waals surface area contributed by atoms with Crippen LogP contribution >= 0.6 is 23.2 Å². The van der Waals surface area contributed by atoms with Crippen LogP contribution in [0.25, 0.3) is 11.3 Å². The lowest BCUT2D eigenvalue weighted by Gasteiger charge is -2.05. The molecular formula is C21H14Cl2N4O4. The van der Waals surface area contributed by atoms with E-state index in [0.717, 1.165) is 11.1 Å². The molecule has 1 aliphatic rings. The van der Waals surface area contributed by atoms with Crippen LogP contribution in [0, 0.1) is 0 Å². The quantitative estimate of drug-likeness (QED) is 0.460. The van der Waals surface area contributed by atoms with E-state index >= 15 is 0 Å². The Morgan fingerprint density at radius 1 is 1.10 bits per heavy atom. The maximum absolute atomic E-state index is 12.6. The molecule has 1 amide bonds. The van der Waals surface area contributed by atoms with Crippen LogP contribution in [0.15, 0.2) is 59.4 Å². The molecule has 31 heavy (non-hydrogen) atoms. The largest absolute Gasteiger partial charge is 0.454 e. The molecule has 5 rings (SSSR count). The minimum Gasteiger partial charge on any atom is -0.454 e. The number of halogens is 2. The second-order valence-corrected chi connectivity index (χ2v) is 7.60. The van der Waals surface area contributed by atoms with Gasteiger partial charge in [-0.05, 0) is 35.9 Å². The van der Waals surface area contributed by atoms with Crippen molar-refractivity contribution in [3.63, 3.8) is 0 Å². The van der Waals surface area contributed by atoms with Gasteiger partial charge >= 0.3 is 0 Å². The molecule has 156 valence electrons. The van der Waals surface area contributed by atoms with Crippen molar-refractivity contribution in [1.82, 2.24) is 14.9 Å². The van der Waals surface area contributed by atoms with Crippen LogP contribution in [-0.4, -0.2) is 27.6 Å². The molecule has 4 aromatic rings. The third-order valence-corrected chi connectivity index (χ3v) is 5.23. The lowest BCUT2D eigenvalue weighted by atomic mass is 10.1. The lowest BCUT2D eigenvalue weighted by molar-refractivity contribution is 0.101. The van der Waals surface area contributed by atoms with Gasteiger partial charge in [-0.15, -0.1) is 0 Å². The van der Waals surface area contributed by atoms with Crippen molar-refractivity contribution >= 4 is 34.8 Å². The number of hydrogen-bond donors (Lipinski definition) is 1. The molecule has 8 nitrogen and oxygen atoms in total. The maximum Gasteiger partial charge on any atom is 0.277 e. The highest BCUT2D eigenvalue weighted by Crippen LogP contribution is 2.36. The molecule has 0 fully saturated rings. The van der Waals surface area contributed by atoms with E-state index in [1.54, 1.807) is 47.4 Å². The summed E-state index contributed by atoms with van der Waals surface area (Å²) in [6.45, 7) is 0.616. The molecule has 0 atom stereocenters. The summed E-state index contributed by atoms with van der Waals surface area (Å²) in [4.78, 5) is 12.6. The Bertz CT molecular complexity index is 1280. The zero-order valence-electron chi connectivity index (χ0n) is 15.8. The van der Waals surface area contributed by atoms with E-state index in [4.69, 9.17) is 37.2 Å². The first-order valence-electron chi connectivity index (χ1n) is 9.19. The van der Waals surface area contributed by atoms with Gasteiger partial charge in [-0.3, -0.25) is 9.48 Å². The third-order valence-electron chi connectivity index (χ3n) is 4.64. The Morgan fingerprint density at radius 2 is 1.97 bits per heavy atom. The number of amides is 1. The minimum absolute atomic E-state index is 0.140. The van der Waals surface area contributed by atoms with Crippen molar-refractivity contribution in [3.8, 4) is 22.8 Å². The van der Waals surface area contributed by atoms with Crippen LogP contribution in [0.2, 0.25) is 10.0 Å². The van der Waals surface area contributed by atoms with Crippen molar-refractivity contribution < 1.29 is 18.8 Å². The fraction of sp³-hybridized carbons (Fsp3) is 0.0952. The first kappa shape index (κ1) is 19.5. The summed E-state index contributed by atoms with van der Waals surface area (Å²) in [5.74, 6) is 1.31. The SMILES string of the molecule is O=C(Nc1cnn(Cc2ccc(Cl)cc2Cl)c1)c1cc(-c2ccc3c(c2)OCO3)on1. The van der Waals surface area contributed by atoms with Crippen molar-refractivity contribution in [1.29, 1.82) is 0 Å². The fourth-order valence-electron chi connectivity index (χ4n) is 3.10. The molecule has 3 heterocycles. The molecule has 0 aliphatic carbocycles. The standard InChI is InChI=1S/C21H14Cl2N4O4/c22-14-3-1-13(16(23)6-14)9-27-10-15(8-24-27)25-21(28)17-7-19(31-26-17)12-2-4-18-20(5-12)30-11-29-18/h1-8,10H,9,11H2,(H,25,28). The first-order valence-corrected chi connectivity index (χ1v) is 9.95. The van der Waals surface area contributed by atoms with Crippen molar-refractivity contribution in [2.45, 2.75) is 6.54 Å². The highest BCUT2D eigenvalue weighted by Gasteiger charge is 2.18. The molecule has 1 aliphatic heterocycles. The fourth-order valence-corrected chi connectivity index (χ4v) is 3.57. The zero-order chi connectivity index (χ0) is 21.4. The van der Waals surface area contributed by atoms with E-state index in [1.165, 1.54) is 0 Å². The Kier molecular flexibility index (Phi) is 5.01. The van der Waals surface area contributed by atoms with Crippen molar-refractivity contribution in [3.05, 3.63) is 76.2 Å². The van der Waals surface area contributed by atoms with Gasteiger partial charge in [0.25, 0.3) is 5.91 Å². The maximum atomic E-state index is 12.6. The van der Waals surface area contributed by atoms with E-state index < -0.39 is 5.91 Å². The predicted octanol–water partition coefficient (Wildman–Crippen LogP) is 4.87. The van der Waals surface area contributed by atoms with Gasteiger partial charge in [-0.1, -0.05) is 34.4 Å². The number of benzene rings is 2. The van der Waals surface area contributed by atoms with E-state index in [1.807, 2.05) is 12.1 Å². The Morgan fingerprint density at radius 3 is 2.84 bits per heavy atom. The van der Waals surface area contributed by atoms with Crippen molar-refractivity contribution in [2.24, 2.45) is 0 Å². The molecule has 0 saturated carbocycles. The van der Waals surface area contributed by atoms with Gasteiger partial charge in [0.2, 0.25) is 6.79 Å². The molecular weight excluding hydrogens is 443 g/mol. The van der Waals surface area contributed by atoms with Gasteiger partial charge in [-0.2, -0.15) is 5.10 Å². The molecule has 1 N–H and O–H groups in total. The summed E-state index contributed by atoms with van der Waals surface area (Å²) in [7, 11) is 0. The zero-order valence-corrected chi connectivity index (χ0v) is 17.4. The van der Waals surface area contributed by atoms with Gasteiger partial charge < -0.3 is 19.3 Å². The number of carbonyl (C=O) groups is 1. The summed E-state index contributed by atoms with van der Waals surface area (Å²) in [5.41, 5.74) is 2.24. The van der Waals surface area contributed by atoms with Crippen LogP contribution in [0.5, 0.6) is 11.5 Å². The molecule has 0 saturated heterocycles. The number of nitrogens with one attached hydrogen (secondary N) is 1. The van der Waals surface area contributed by atoms with Crippen molar-refractivity contribution in [2.75, 3.05) is 12.1 Å². The van der Waals surface area contributed by atoms with E-state index in [0.29, 0.717) is 39.5 Å². The van der Waals surface area contributed by atoms with E-state index in [2.05, 4.69) is 15.6 Å². The lowest BCUT2D eigenvalue weighted by Crippen LogP contribution is -2.11. The van der Waals surface area contributed by atoms with Gasteiger partial charge in [0.1, 0.15) is 0 Å². The van der Waals surface area contributed by atoms with Gasteiger partial charge in [0, 0.05) is 27.9 Å². The highest BCUT2D eigenvalue weighted by molar-refractivity contribution is 6.35. The summed E-state index contributed by atoms with van der Waals surface area (Å²) >= 11 is 12.1. The van der Waals surface area contributed by atoms with Crippen LogP contribution < -0.4 is 14.8 Å². The monoisotopic (exact) mass is 456 g/mol. The number of hydrogen-bond acceptors (Lipinski definition) is 6. The van der Waals surface area contributed by atoms with Crippen LogP contribution in [0.3, 0.4) is 0 Å². The Labute approximate surface area is 186 Å². The predicted molar refractivity (Wildman–Crippen MR) is 114 cm³/mol. The van der Waals surface area contributed by atoms with E-state index in [-0.39, 0.29) is 12.5 Å². The normalized spacial score (nSPS) is 12.2. The number of rotatable bonds is 5. The van der Waals surface area contributed by atoms with Crippen LogP contribution in [0.4, 0.5) is 5.69 Å². The number of anilines is 1. The number of nitrogens with zero attached hydrogens (tertiary/aromatic N) is 3. The summed E-state index contributed by atoms with van der Waals surface area (Å²) in [6.07, 6.45) is 3.24. The first-order chi connectivity index (χ1) is 15.0. The van der Waals surface area contributed by atoms with Gasteiger partial charge in [0.15, 0.2) is 23.0 Å². The summed E-state index contributed by atoms with van der Waals surface area (Å²) in [5, 5.41) is 12.0. The average Bonchev–Trinajstić information content (AvgIpc) is 3.50. The smallest absolute Gasteiger partial charge is 0.277 e. The molecule has 2 aromatic carbocycles. The second-order valence-electron chi connectivity index (χ2n) is 6.76. The van der Waals surface area contributed by atoms with Crippen LogP contribution in [0.1, 0.15) is 16.1 Å². The number of aromatic nitrogens is 3. The minimum atomic E-state index is -0.417. The van der Waals surface area contributed by atoms with Crippen LogP contribution in [-0.2, 0) is 6.54 Å². The topological polar surface area (TPSA) is 91.4 Å². The molecule has 0 spiro atoms. The van der Waals surface area contributed by atoms with Gasteiger partial charge in [-0.25, -0.2) is 0 Å². The Hall–Kier alpha value is -3.49. The molecule has 0 bridgehead atoms. The molecule has 0 unspecified atom stereocenters. The highest BCUT2D eigenvalue weighted by atomic mass is 35.5. The molecule has 10 heteroatoms.